The molecule has 0 spiro atoms. The van der Waals surface area contributed by atoms with Crippen molar-refractivity contribution in [2.45, 2.75) is 6.42 Å². The number of aliphatic carboxylic acids is 1. The van der Waals surface area contributed by atoms with E-state index in [2.05, 4.69) is 0 Å². The van der Waals surface area contributed by atoms with Crippen LogP contribution < -0.4 is 0 Å². The van der Waals surface area contributed by atoms with Gasteiger partial charge < -0.3 is 19.8 Å². The number of likely N-dealkylation sites (N-methyl/N-ethyl adjacent to an activating group) is 1. The Hall–Kier alpha value is -1.83. The maximum Gasteiger partial charge on any atom is 0.320 e. The molecule has 2 saturated heterocycles. The molecule has 2 aliphatic rings. The summed E-state index contributed by atoms with van der Waals surface area (Å²) in [6.45, 7) is 4.34. The van der Waals surface area contributed by atoms with Crippen LogP contribution in [0.25, 0.3) is 0 Å². The predicted molar refractivity (Wildman–Crippen MR) is 74.9 cm³/mol. The molecular weight excluding hydrogens is 276 g/mol. The van der Waals surface area contributed by atoms with Gasteiger partial charge in [0, 0.05) is 52.9 Å². The average molecular weight is 298 g/mol. The molecule has 2 rings (SSSR count). The highest BCUT2D eigenvalue weighted by Gasteiger charge is 2.29. The van der Waals surface area contributed by atoms with Crippen molar-refractivity contribution in [3.63, 3.8) is 0 Å². The molecule has 0 atom stereocenters. The van der Waals surface area contributed by atoms with Crippen LogP contribution in [0.15, 0.2) is 0 Å². The third-order valence-corrected chi connectivity index (χ3v) is 4.01. The fraction of sp³-hybridized carbons (Fsp3) is 0.769. The van der Waals surface area contributed by atoms with Gasteiger partial charge >= 0.3 is 12.0 Å². The highest BCUT2D eigenvalue weighted by Crippen LogP contribution is 2.09. The van der Waals surface area contributed by atoms with Crippen LogP contribution in [0.2, 0.25) is 0 Å². The summed E-state index contributed by atoms with van der Waals surface area (Å²) in [6.07, 6.45) is 0.126. The van der Waals surface area contributed by atoms with E-state index in [1.807, 2.05) is 4.90 Å². The molecule has 2 aliphatic heterocycles. The Morgan fingerprint density at radius 3 is 2.24 bits per heavy atom. The maximum atomic E-state index is 12.3. The van der Waals surface area contributed by atoms with Crippen molar-refractivity contribution in [2.24, 2.45) is 0 Å². The third kappa shape index (κ3) is 4.07. The summed E-state index contributed by atoms with van der Waals surface area (Å²) in [5.41, 5.74) is 0. The van der Waals surface area contributed by atoms with E-state index in [1.165, 1.54) is 0 Å². The van der Waals surface area contributed by atoms with Crippen molar-refractivity contribution >= 4 is 17.9 Å². The Labute approximate surface area is 123 Å². The van der Waals surface area contributed by atoms with Gasteiger partial charge in [-0.15, -0.1) is 0 Å². The number of nitrogens with zero attached hydrogens (tertiary/aromatic N) is 4. The van der Waals surface area contributed by atoms with Crippen molar-refractivity contribution in [3.05, 3.63) is 0 Å². The molecule has 0 saturated carbocycles. The van der Waals surface area contributed by atoms with Crippen molar-refractivity contribution in [1.82, 2.24) is 19.6 Å². The van der Waals surface area contributed by atoms with Gasteiger partial charge in [-0.1, -0.05) is 0 Å². The van der Waals surface area contributed by atoms with Gasteiger partial charge in [0.2, 0.25) is 5.91 Å². The summed E-state index contributed by atoms with van der Waals surface area (Å²) in [5.74, 6) is -0.834. The summed E-state index contributed by atoms with van der Waals surface area (Å²) >= 11 is 0. The van der Waals surface area contributed by atoms with Crippen LogP contribution in [-0.2, 0) is 9.59 Å². The number of hydrogen-bond acceptors (Lipinski definition) is 4. The number of carboxylic acids is 1. The van der Waals surface area contributed by atoms with Crippen LogP contribution in [0.1, 0.15) is 6.42 Å². The van der Waals surface area contributed by atoms with Crippen molar-refractivity contribution in [2.75, 3.05) is 59.4 Å². The van der Waals surface area contributed by atoms with Gasteiger partial charge in [-0.2, -0.15) is 0 Å². The summed E-state index contributed by atoms with van der Waals surface area (Å²) < 4.78 is 0. The Kier molecular flexibility index (Phi) is 5.00. The normalized spacial score (nSPS) is 20.8. The first kappa shape index (κ1) is 15.6. The number of carbonyl (C=O) groups excluding carboxylic acids is 2. The zero-order valence-electron chi connectivity index (χ0n) is 12.3. The van der Waals surface area contributed by atoms with Gasteiger partial charge in [-0.3, -0.25) is 14.5 Å². The highest BCUT2D eigenvalue weighted by molar-refractivity contribution is 5.85. The van der Waals surface area contributed by atoms with E-state index in [1.54, 1.807) is 21.7 Å². The van der Waals surface area contributed by atoms with Gasteiger partial charge in [-0.25, -0.2) is 4.79 Å². The minimum absolute atomic E-state index is 0.0327. The second-order valence-electron chi connectivity index (χ2n) is 5.49. The first-order valence-corrected chi connectivity index (χ1v) is 7.19. The minimum atomic E-state index is -0.801. The molecule has 21 heavy (non-hydrogen) atoms. The van der Waals surface area contributed by atoms with E-state index < -0.39 is 5.97 Å². The molecule has 2 heterocycles. The molecule has 2 fully saturated rings. The molecule has 0 bridgehead atoms. The zero-order valence-corrected chi connectivity index (χ0v) is 12.3. The molecule has 8 heteroatoms. The predicted octanol–water partition coefficient (Wildman–Crippen LogP) is -1.03. The summed E-state index contributed by atoms with van der Waals surface area (Å²) in [5, 5.41) is 8.67. The number of urea groups is 1. The second kappa shape index (κ2) is 6.75. The molecule has 0 unspecified atom stereocenters. The molecule has 1 N–H and O–H groups in total. The number of carbonyl (C=O) groups is 3. The van der Waals surface area contributed by atoms with Crippen LogP contribution in [0, 0.1) is 0 Å². The lowest BCUT2D eigenvalue weighted by atomic mass is 10.3. The standard InChI is InChI=1S/C13H22N4O4/c1-14-4-7-17(10-11(14)18)13(21)16-8-5-15(6-9-16)3-2-12(19)20/h2-10H2,1H3,(H,19,20). The van der Waals surface area contributed by atoms with Gasteiger partial charge in [0.1, 0.15) is 6.54 Å². The zero-order chi connectivity index (χ0) is 15.4. The van der Waals surface area contributed by atoms with Crippen molar-refractivity contribution < 1.29 is 19.5 Å². The molecule has 8 nitrogen and oxygen atoms in total. The topological polar surface area (TPSA) is 84.4 Å². The second-order valence-corrected chi connectivity index (χ2v) is 5.49. The fourth-order valence-corrected chi connectivity index (χ4v) is 2.54. The smallest absolute Gasteiger partial charge is 0.320 e. The van der Waals surface area contributed by atoms with Gasteiger partial charge in [0.05, 0.1) is 6.42 Å². The van der Waals surface area contributed by atoms with Gasteiger partial charge in [0.15, 0.2) is 0 Å². The fourth-order valence-electron chi connectivity index (χ4n) is 2.54. The monoisotopic (exact) mass is 298 g/mol. The molecule has 118 valence electrons. The van der Waals surface area contributed by atoms with E-state index in [0.717, 1.165) is 0 Å². The van der Waals surface area contributed by atoms with Crippen LogP contribution in [0.3, 0.4) is 0 Å². The molecule has 0 aromatic carbocycles. The van der Waals surface area contributed by atoms with E-state index in [0.29, 0.717) is 45.8 Å². The van der Waals surface area contributed by atoms with Crippen molar-refractivity contribution in [3.8, 4) is 0 Å². The molecule has 0 radical (unpaired) electrons. The largest absolute Gasteiger partial charge is 0.481 e. The van der Waals surface area contributed by atoms with Crippen LogP contribution in [-0.4, -0.2) is 102 Å². The lowest BCUT2D eigenvalue weighted by molar-refractivity contribution is -0.137. The number of carboxylic acid groups (broad SMARTS) is 1. The van der Waals surface area contributed by atoms with Crippen molar-refractivity contribution in [1.29, 1.82) is 0 Å². The Morgan fingerprint density at radius 1 is 1.05 bits per heavy atom. The first-order valence-electron chi connectivity index (χ1n) is 7.19. The lowest BCUT2D eigenvalue weighted by Gasteiger charge is -2.39. The third-order valence-electron chi connectivity index (χ3n) is 4.01. The number of amides is 3. The van der Waals surface area contributed by atoms with Crippen LogP contribution in [0.5, 0.6) is 0 Å². The number of piperazine rings is 2. The molecule has 0 aromatic heterocycles. The van der Waals surface area contributed by atoms with Crippen LogP contribution >= 0.6 is 0 Å². The van der Waals surface area contributed by atoms with E-state index in [-0.39, 0.29) is 24.9 Å². The van der Waals surface area contributed by atoms with Gasteiger partial charge in [0.25, 0.3) is 0 Å². The lowest BCUT2D eigenvalue weighted by Crippen LogP contribution is -2.57. The molecule has 0 aromatic rings. The Balaban J connectivity index is 1.78. The minimum Gasteiger partial charge on any atom is -0.481 e. The Morgan fingerprint density at radius 2 is 1.67 bits per heavy atom. The molecule has 0 aliphatic carbocycles. The molecule has 3 amide bonds. The maximum absolute atomic E-state index is 12.3. The van der Waals surface area contributed by atoms with E-state index in [9.17, 15) is 14.4 Å². The first-order chi connectivity index (χ1) is 9.97. The quantitative estimate of drug-likeness (QED) is 0.720. The van der Waals surface area contributed by atoms with E-state index >= 15 is 0 Å². The van der Waals surface area contributed by atoms with E-state index in [4.69, 9.17) is 5.11 Å². The summed E-state index contributed by atoms with van der Waals surface area (Å²) in [7, 11) is 1.74. The summed E-state index contributed by atoms with van der Waals surface area (Å²) in [6, 6.07) is -0.0886. The molecular formula is C13H22N4O4. The number of rotatable bonds is 3. The summed E-state index contributed by atoms with van der Waals surface area (Å²) in [4.78, 5) is 41.6. The average Bonchev–Trinajstić information content (AvgIpc) is 2.48. The highest BCUT2D eigenvalue weighted by atomic mass is 16.4. The van der Waals surface area contributed by atoms with Crippen LogP contribution in [0.4, 0.5) is 4.79 Å². The van der Waals surface area contributed by atoms with Gasteiger partial charge in [-0.05, 0) is 0 Å². The Bertz CT molecular complexity index is 420. The SMILES string of the molecule is CN1CCN(C(=O)N2CCN(CCC(=O)O)CC2)CC1=O. The number of hydrogen-bond donors (Lipinski definition) is 1.